The molecule has 23 heavy (non-hydrogen) atoms. The van der Waals surface area contributed by atoms with Crippen molar-refractivity contribution in [3.8, 4) is 0 Å². The molecule has 128 valence electrons. The largest absolute Gasteiger partial charge is 0.395 e. The Labute approximate surface area is 134 Å². The van der Waals surface area contributed by atoms with Crippen LogP contribution in [0.3, 0.4) is 0 Å². The molecule has 0 aromatic heterocycles. The van der Waals surface area contributed by atoms with Crippen molar-refractivity contribution in [1.29, 1.82) is 0 Å². The number of hydrogen-bond acceptors (Lipinski definition) is 6. The number of rotatable bonds is 7. The van der Waals surface area contributed by atoms with E-state index in [2.05, 4.69) is 10.2 Å². The number of aliphatic hydroxyl groups is 1. The Morgan fingerprint density at radius 2 is 2.17 bits per heavy atom. The summed E-state index contributed by atoms with van der Waals surface area (Å²) in [5, 5.41) is 23.4. The third kappa shape index (κ3) is 4.68. The molecule has 1 saturated heterocycles. The average Bonchev–Trinajstić information content (AvgIpc) is 2.54. The molecule has 1 heterocycles. The van der Waals surface area contributed by atoms with E-state index in [4.69, 9.17) is 0 Å². The standard InChI is InChI=1S/C15H23FN4O3/c1-18(8-9-21)15(11-19-6-4-17-5-7-19)12-2-3-13(16)14(10-12)20(22)23/h2-3,10,15,17,21H,4-9,11H2,1H3. The van der Waals surface area contributed by atoms with Crippen LogP contribution in [0.1, 0.15) is 11.6 Å². The third-order valence-electron chi connectivity index (χ3n) is 4.18. The molecule has 1 aliphatic rings. The second-order valence-electron chi connectivity index (χ2n) is 5.74. The van der Waals surface area contributed by atoms with Crippen LogP contribution in [0, 0.1) is 15.9 Å². The average molecular weight is 326 g/mol. The molecule has 8 heteroatoms. The minimum atomic E-state index is -0.829. The van der Waals surface area contributed by atoms with Crippen molar-refractivity contribution in [3.63, 3.8) is 0 Å². The van der Waals surface area contributed by atoms with Gasteiger partial charge in [-0.05, 0) is 18.7 Å². The summed E-state index contributed by atoms with van der Waals surface area (Å²) in [6, 6.07) is 3.89. The lowest BCUT2D eigenvalue weighted by atomic mass is 10.0. The zero-order valence-corrected chi connectivity index (χ0v) is 13.2. The van der Waals surface area contributed by atoms with Crippen LogP contribution < -0.4 is 5.32 Å². The van der Waals surface area contributed by atoms with E-state index in [0.717, 1.165) is 32.2 Å². The zero-order chi connectivity index (χ0) is 16.8. The maximum absolute atomic E-state index is 13.6. The Morgan fingerprint density at radius 1 is 1.48 bits per heavy atom. The first-order valence-corrected chi connectivity index (χ1v) is 7.71. The molecule has 0 saturated carbocycles. The van der Waals surface area contributed by atoms with Crippen molar-refractivity contribution in [2.45, 2.75) is 6.04 Å². The third-order valence-corrected chi connectivity index (χ3v) is 4.18. The molecule has 7 nitrogen and oxygen atoms in total. The first-order valence-electron chi connectivity index (χ1n) is 7.71. The fourth-order valence-electron chi connectivity index (χ4n) is 2.83. The molecule has 0 aliphatic carbocycles. The van der Waals surface area contributed by atoms with E-state index >= 15 is 0 Å². The zero-order valence-electron chi connectivity index (χ0n) is 13.2. The molecule has 1 fully saturated rings. The predicted octanol–water partition coefficient (Wildman–Crippen LogP) is 0.604. The van der Waals surface area contributed by atoms with E-state index in [-0.39, 0.29) is 12.6 Å². The van der Waals surface area contributed by atoms with Crippen LogP contribution in [0.4, 0.5) is 10.1 Å². The molecule has 1 aliphatic heterocycles. The van der Waals surface area contributed by atoms with Gasteiger partial charge in [-0.2, -0.15) is 4.39 Å². The Kier molecular flexibility index (Phi) is 6.40. The number of benzene rings is 1. The highest BCUT2D eigenvalue weighted by Crippen LogP contribution is 2.26. The number of nitro groups is 1. The van der Waals surface area contributed by atoms with Gasteiger partial charge in [0.15, 0.2) is 0 Å². The Balaban J connectivity index is 2.24. The monoisotopic (exact) mass is 326 g/mol. The summed E-state index contributed by atoms with van der Waals surface area (Å²) in [6.45, 7) is 4.72. The number of piperazine rings is 1. The van der Waals surface area contributed by atoms with Crippen LogP contribution >= 0.6 is 0 Å². The molecule has 2 N–H and O–H groups in total. The van der Waals surface area contributed by atoms with Gasteiger partial charge < -0.3 is 10.4 Å². The number of nitrogens with zero attached hydrogens (tertiary/aromatic N) is 3. The first kappa shape index (κ1) is 17.7. The fraction of sp³-hybridized carbons (Fsp3) is 0.600. The molecule has 0 bridgehead atoms. The number of likely N-dealkylation sites (N-methyl/N-ethyl adjacent to an activating group) is 1. The Hall–Kier alpha value is -1.61. The summed E-state index contributed by atoms with van der Waals surface area (Å²) >= 11 is 0. The van der Waals surface area contributed by atoms with Gasteiger partial charge in [0.2, 0.25) is 5.82 Å². The van der Waals surface area contributed by atoms with Crippen LogP contribution in [-0.4, -0.2) is 72.8 Å². The topological polar surface area (TPSA) is 81.9 Å². The van der Waals surface area contributed by atoms with Gasteiger partial charge in [-0.25, -0.2) is 0 Å². The van der Waals surface area contributed by atoms with Gasteiger partial charge in [-0.1, -0.05) is 6.07 Å². The normalized spacial score (nSPS) is 17.4. The Bertz CT molecular complexity index is 537. The lowest BCUT2D eigenvalue weighted by Crippen LogP contribution is -2.47. The number of aliphatic hydroxyl groups excluding tert-OH is 1. The molecule has 1 unspecified atom stereocenters. The van der Waals surface area contributed by atoms with Crippen molar-refractivity contribution in [2.75, 3.05) is 52.9 Å². The van der Waals surface area contributed by atoms with Crippen molar-refractivity contribution >= 4 is 5.69 Å². The summed E-state index contributed by atoms with van der Waals surface area (Å²) < 4.78 is 13.6. The second kappa shape index (κ2) is 8.30. The molecular weight excluding hydrogens is 303 g/mol. The quantitative estimate of drug-likeness (QED) is 0.564. The predicted molar refractivity (Wildman–Crippen MR) is 84.8 cm³/mol. The van der Waals surface area contributed by atoms with Crippen LogP contribution in [0.25, 0.3) is 0 Å². The minimum Gasteiger partial charge on any atom is -0.395 e. The molecule has 0 spiro atoms. The molecule has 1 aromatic carbocycles. The number of nitro benzene ring substituents is 1. The van der Waals surface area contributed by atoms with Gasteiger partial charge in [-0.15, -0.1) is 0 Å². The first-order chi connectivity index (χ1) is 11.0. The highest BCUT2D eigenvalue weighted by atomic mass is 19.1. The smallest absolute Gasteiger partial charge is 0.305 e. The van der Waals surface area contributed by atoms with E-state index in [0.29, 0.717) is 18.7 Å². The molecule has 1 aromatic rings. The van der Waals surface area contributed by atoms with Crippen molar-refractivity contribution in [3.05, 3.63) is 39.7 Å². The highest BCUT2D eigenvalue weighted by Gasteiger charge is 2.24. The number of hydrogen-bond donors (Lipinski definition) is 2. The van der Waals surface area contributed by atoms with Gasteiger partial charge in [0.05, 0.1) is 11.5 Å². The summed E-state index contributed by atoms with van der Waals surface area (Å²) in [6.07, 6.45) is 0. The van der Waals surface area contributed by atoms with E-state index in [1.165, 1.54) is 6.07 Å². The maximum atomic E-state index is 13.6. The van der Waals surface area contributed by atoms with Gasteiger partial charge >= 0.3 is 5.69 Å². The maximum Gasteiger partial charge on any atom is 0.305 e. The molecule has 0 amide bonds. The molecule has 1 atom stereocenters. The molecular formula is C15H23FN4O3. The number of halogens is 1. The van der Waals surface area contributed by atoms with E-state index in [1.807, 2.05) is 11.9 Å². The van der Waals surface area contributed by atoms with Crippen molar-refractivity contribution in [1.82, 2.24) is 15.1 Å². The van der Waals surface area contributed by atoms with Gasteiger partial charge in [0.25, 0.3) is 0 Å². The highest BCUT2D eigenvalue weighted by molar-refractivity contribution is 5.37. The number of nitrogens with one attached hydrogen (secondary N) is 1. The van der Waals surface area contributed by atoms with Crippen LogP contribution in [0.5, 0.6) is 0 Å². The second-order valence-corrected chi connectivity index (χ2v) is 5.74. The van der Waals surface area contributed by atoms with Crippen LogP contribution in [-0.2, 0) is 0 Å². The van der Waals surface area contributed by atoms with Gasteiger partial charge in [0, 0.05) is 51.4 Å². The Morgan fingerprint density at radius 3 is 2.78 bits per heavy atom. The SMILES string of the molecule is CN(CCO)C(CN1CCNCC1)c1ccc(F)c([N+](=O)[O-])c1. The fourth-order valence-corrected chi connectivity index (χ4v) is 2.83. The summed E-state index contributed by atoms with van der Waals surface area (Å²) in [5.74, 6) is -0.829. The summed E-state index contributed by atoms with van der Waals surface area (Å²) in [7, 11) is 1.86. The lowest BCUT2D eigenvalue weighted by molar-refractivity contribution is -0.387. The molecule has 2 rings (SSSR count). The summed E-state index contributed by atoms with van der Waals surface area (Å²) in [4.78, 5) is 14.5. The van der Waals surface area contributed by atoms with E-state index in [1.54, 1.807) is 6.07 Å². The molecule has 0 radical (unpaired) electrons. The van der Waals surface area contributed by atoms with E-state index in [9.17, 15) is 19.6 Å². The van der Waals surface area contributed by atoms with E-state index < -0.39 is 16.4 Å². The van der Waals surface area contributed by atoms with Gasteiger partial charge in [-0.3, -0.25) is 19.9 Å². The minimum absolute atomic E-state index is 0.00214. The van der Waals surface area contributed by atoms with Crippen LogP contribution in [0.2, 0.25) is 0 Å². The summed E-state index contributed by atoms with van der Waals surface area (Å²) in [5.41, 5.74) is 0.179. The van der Waals surface area contributed by atoms with Crippen molar-refractivity contribution < 1.29 is 14.4 Å². The van der Waals surface area contributed by atoms with Gasteiger partial charge in [0.1, 0.15) is 0 Å². The lowest BCUT2D eigenvalue weighted by Gasteiger charge is -2.35. The van der Waals surface area contributed by atoms with Crippen molar-refractivity contribution in [2.24, 2.45) is 0 Å². The van der Waals surface area contributed by atoms with Crippen LogP contribution in [0.15, 0.2) is 18.2 Å².